The molecule has 5 rings (SSSR count). The molecule has 4 bridgehead atoms. The van der Waals surface area contributed by atoms with Crippen molar-refractivity contribution in [3.63, 3.8) is 0 Å². The van der Waals surface area contributed by atoms with E-state index in [2.05, 4.69) is 4.72 Å². The predicted octanol–water partition coefficient (Wildman–Crippen LogP) is 2.27. The fourth-order valence-corrected chi connectivity index (χ4v) is 7.22. The van der Waals surface area contributed by atoms with Gasteiger partial charge in [-0.3, -0.25) is 19.7 Å². The number of nitro groups is 1. The predicted molar refractivity (Wildman–Crippen MR) is 119 cm³/mol. The maximum Gasteiger partial charge on any atom is 0.321 e. The standard InChI is InChI=1S/C22H29N3O7S/c1-24(2)18-4-3-17(8-19(18)25(28)29)33(30,31)23-12-21(27)32-13-20(26)22-9-14-5-15(10-22)7-16(6-14)11-22/h3-4,8,14-16,23H,5-7,9-13H2,1-2H3. The fraction of sp³-hybridized carbons (Fsp3) is 0.636. The molecule has 180 valence electrons. The molecule has 33 heavy (non-hydrogen) atoms. The summed E-state index contributed by atoms with van der Waals surface area (Å²) in [5.41, 5.74) is -0.505. The highest BCUT2D eigenvalue weighted by atomic mass is 32.2. The number of esters is 1. The first-order chi connectivity index (χ1) is 15.5. The minimum atomic E-state index is -4.19. The largest absolute Gasteiger partial charge is 0.457 e. The third-order valence-corrected chi connectivity index (χ3v) is 8.74. The van der Waals surface area contributed by atoms with Crippen LogP contribution in [-0.4, -0.2) is 52.3 Å². The highest BCUT2D eigenvalue weighted by Gasteiger charge is 2.54. The summed E-state index contributed by atoms with van der Waals surface area (Å²) in [5, 5.41) is 11.3. The summed E-state index contributed by atoms with van der Waals surface area (Å²) in [4.78, 5) is 36.9. The second-order valence-electron chi connectivity index (χ2n) is 9.91. The summed E-state index contributed by atoms with van der Waals surface area (Å²) >= 11 is 0. The van der Waals surface area contributed by atoms with Crippen molar-refractivity contribution in [2.45, 2.75) is 43.4 Å². The number of ether oxygens (including phenoxy) is 1. The van der Waals surface area contributed by atoms with Crippen LogP contribution in [-0.2, 0) is 24.3 Å². The van der Waals surface area contributed by atoms with Crippen LogP contribution in [0.3, 0.4) is 0 Å². The first kappa shape index (κ1) is 23.6. The van der Waals surface area contributed by atoms with Gasteiger partial charge in [-0.2, -0.15) is 4.72 Å². The molecule has 0 saturated heterocycles. The third-order valence-electron chi connectivity index (χ3n) is 7.34. The van der Waals surface area contributed by atoms with Crippen LogP contribution in [0.2, 0.25) is 0 Å². The smallest absolute Gasteiger partial charge is 0.321 e. The van der Waals surface area contributed by atoms with E-state index in [0.717, 1.165) is 25.3 Å². The van der Waals surface area contributed by atoms with Gasteiger partial charge in [-0.25, -0.2) is 8.42 Å². The zero-order valence-corrected chi connectivity index (χ0v) is 19.6. The SMILES string of the molecule is CN(C)c1ccc(S(=O)(=O)NCC(=O)OCC(=O)C23CC4CC(CC(C4)C2)C3)cc1[N+](=O)[O-]. The lowest BCUT2D eigenvalue weighted by Gasteiger charge is -2.55. The summed E-state index contributed by atoms with van der Waals surface area (Å²) < 4.78 is 32.3. The number of nitrogens with one attached hydrogen (secondary N) is 1. The minimum Gasteiger partial charge on any atom is -0.457 e. The van der Waals surface area contributed by atoms with Gasteiger partial charge in [-0.15, -0.1) is 0 Å². The van der Waals surface area contributed by atoms with Gasteiger partial charge in [0.05, 0.1) is 9.82 Å². The molecule has 0 radical (unpaired) electrons. The molecular formula is C22H29N3O7S. The number of hydrogen-bond donors (Lipinski definition) is 1. The summed E-state index contributed by atoms with van der Waals surface area (Å²) in [5.74, 6) is 0.839. The molecule has 0 amide bonds. The minimum absolute atomic E-state index is 0.0623. The number of sulfonamides is 1. The van der Waals surface area contributed by atoms with Crippen molar-refractivity contribution in [3.8, 4) is 0 Å². The van der Waals surface area contributed by atoms with Crippen molar-refractivity contribution in [3.05, 3.63) is 28.3 Å². The van der Waals surface area contributed by atoms with Gasteiger partial charge in [0, 0.05) is 25.6 Å². The van der Waals surface area contributed by atoms with Crippen LogP contribution in [0, 0.1) is 33.3 Å². The Morgan fingerprint density at radius 2 is 1.73 bits per heavy atom. The Labute approximate surface area is 192 Å². The molecule has 1 aromatic carbocycles. The van der Waals surface area contributed by atoms with Crippen LogP contribution in [0.1, 0.15) is 38.5 Å². The first-order valence-electron chi connectivity index (χ1n) is 11.1. The molecule has 4 fully saturated rings. The lowest BCUT2D eigenvalue weighted by Crippen LogP contribution is -2.51. The van der Waals surface area contributed by atoms with E-state index in [4.69, 9.17) is 4.74 Å². The summed E-state index contributed by atoms with van der Waals surface area (Å²) in [7, 11) is -0.975. The molecule has 4 aliphatic carbocycles. The second kappa shape index (κ2) is 8.68. The lowest BCUT2D eigenvalue weighted by molar-refractivity contribution is -0.384. The quantitative estimate of drug-likeness (QED) is 0.324. The first-order valence-corrected chi connectivity index (χ1v) is 12.6. The van der Waals surface area contributed by atoms with Crippen molar-refractivity contribution in [2.75, 3.05) is 32.1 Å². The molecule has 0 spiro atoms. The number of benzene rings is 1. The molecule has 0 atom stereocenters. The van der Waals surface area contributed by atoms with Crippen LogP contribution >= 0.6 is 0 Å². The Balaban J connectivity index is 1.34. The van der Waals surface area contributed by atoms with Gasteiger partial charge in [-0.05, 0) is 68.4 Å². The number of nitro benzene ring substituents is 1. The zero-order chi connectivity index (χ0) is 24.0. The van der Waals surface area contributed by atoms with E-state index in [1.54, 1.807) is 14.1 Å². The van der Waals surface area contributed by atoms with Crippen molar-refractivity contribution < 1.29 is 27.7 Å². The topological polar surface area (TPSA) is 136 Å². The van der Waals surface area contributed by atoms with Crippen molar-refractivity contribution >= 4 is 33.2 Å². The summed E-state index contributed by atoms with van der Waals surface area (Å²) in [6.45, 7) is -1.02. The van der Waals surface area contributed by atoms with Crippen LogP contribution < -0.4 is 9.62 Å². The Morgan fingerprint density at radius 3 is 2.24 bits per heavy atom. The third kappa shape index (κ3) is 4.74. The molecule has 1 N–H and O–H groups in total. The maximum atomic E-state index is 12.9. The molecule has 4 aliphatic rings. The van der Waals surface area contributed by atoms with Gasteiger partial charge in [0.2, 0.25) is 10.0 Å². The summed E-state index contributed by atoms with van der Waals surface area (Å²) in [6.07, 6.45) is 6.18. The molecule has 1 aromatic rings. The van der Waals surface area contributed by atoms with E-state index in [9.17, 15) is 28.1 Å². The Kier molecular flexibility index (Phi) is 6.21. The van der Waals surface area contributed by atoms with E-state index in [1.165, 1.54) is 36.3 Å². The maximum absolute atomic E-state index is 12.9. The van der Waals surface area contributed by atoms with Gasteiger partial charge in [0.15, 0.2) is 12.4 Å². The molecule has 0 unspecified atom stereocenters. The number of carbonyl (C=O) groups is 2. The van der Waals surface area contributed by atoms with E-state index in [0.29, 0.717) is 17.8 Å². The average molecular weight is 480 g/mol. The fourth-order valence-electron chi connectivity index (χ4n) is 6.23. The van der Waals surface area contributed by atoms with Gasteiger partial charge in [-0.1, -0.05) is 0 Å². The van der Waals surface area contributed by atoms with E-state index in [-0.39, 0.29) is 34.1 Å². The Morgan fingerprint density at radius 1 is 1.15 bits per heavy atom. The highest BCUT2D eigenvalue weighted by molar-refractivity contribution is 7.89. The van der Waals surface area contributed by atoms with Crippen molar-refractivity contribution in [1.82, 2.24) is 4.72 Å². The van der Waals surface area contributed by atoms with E-state index >= 15 is 0 Å². The number of hydrogen-bond acceptors (Lipinski definition) is 8. The molecule has 10 nitrogen and oxygen atoms in total. The molecule has 11 heteroatoms. The monoisotopic (exact) mass is 479 g/mol. The van der Waals surface area contributed by atoms with Gasteiger partial charge in [0.25, 0.3) is 5.69 Å². The molecular weight excluding hydrogens is 450 g/mol. The molecule has 4 saturated carbocycles. The second-order valence-corrected chi connectivity index (χ2v) is 11.7. The summed E-state index contributed by atoms with van der Waals surface area (Å²) in [6, 6.07) is 3.50. The number of rotatable bonds is 9. The lowest BCUT2D eigenvalue weighted by atomic mass is 9.48. The molecule has 0 heterocycles. The average Bonchev–Trinajstić information content (AvgIpc) is 2.74. The normalized spacial score (nSPS) is 27.9. The van der Waals surface area contributed by atoms with E-state index < -0.39 is 27.5 Å². The van der Waals surface area contributed by atoms with Crippen LogP contribution in [0.5, 0.6) is 0 Å². The number of nitrogens with zero attached hydrogens (tertiary/aromatic N) is 2. The highest BCUT2D eigenvalue weighted by Crippen LogP contribution is 2.60. The number of ketones is 1. The Bertz CT molecular complexity index is 1050. The van der Waals surface area contributed by atoms with Crippen LogP contribution in [0.15, 0.2) is 23.1 Å². The zero-order valence-electron chi connectivity index (χ0n) is 18.8. The van der Waals surface area contributed by atoms with Crippen LogP contribution in [0.4, 0.5) is 11.4 Å². The van der Waals surface area contributed by atoms with Gasteiger partial charge < -0.3 is 9.64 Å². The number of anilines is 1. The molecule has 0 aromatic heterocycles. The number of carbonyl (C=O) groups excluding carboxylic acids is 2. The van der Waals surface area contributed by atoms with Gasteiger partial charge in [0.1, 0.15) is 12.2 Å². The molecule has 0 aliphatic heterocycles. The Hall–Kier alpha value is -2.53. The van der Waals surface area contributed by atoms with Crippen LogP contribution in [0.25, 0.3) is 0 Å². The van der Waals surface area contributed by atoms with Crippen molar-refractivity contribution in [2.24, 2.45) is 23.2 Å². The van der Waals surface area contributed by atoms with Crippen molar-refractivity contribution in [1.29, 1.82) is 0 Å². The number of Topliss-reactive ketones (excluding diaryl/α,β-unsaturated/α-hetero) is 1. The van der Waals surface area contributed by atoms with Gasteiger partial charge >= 0.3 is 5.97 Å². The van der Waals surface area contributed by atoms with E-state index in [1.807, 2.05) is 0 Å².